The van der Waals surface area contributed by atoms with Crippen molar-refractivity contribution < 1.29 is 26.7 Å². The molecule has 0 saturated carbocycles. The Morgan fingerprint density at radius 2 is 1.53 bits per heavy atom. The molecule has 0 aliphatic carbocycles. The van der Waals surface area contributed by atoms with Crippen molar-refractivity contribution in [2.45, 2.75) is 9.79 Å². The Balaban J connectivity index is 4.07. The number of rotatable bonds is 3. The highest BCUT2D eigenvalue weighted by molar-refractivity contribution is 8.14. The molecule has 0 atom stereocenters. The molecule has 0 aromatic heterocycles. The van der Waals surface area contributed by atoms with Crippen molar-refractivity contribution in [3.05, 3.63) is 21.7 Å². The highest BCUT2D eigenvalue weighted by Crippen LogP contribution is 2.39. The van der Waals surface area contributed by atoms with Crippen LogP contribution in [0.4, 0.5) is 0 Å². The van der Waals surface area contributed by atoms with Gasteiger partial charge in [-0.3, -0.25) is 0 Å². The molecule has 0 heterocycles. The second-order valence-electron chi connectivity index (χ2n) is 3.06. The molecule has 12 heteroatoms. The lowest BCUT2D eigenvalue weighted by Gasteiger charge is -2.10. The molecule has 19 heavy (non-hydrogen) atoms. The molecule has 0 unspecified atom stereocenters. The van der Waals surface area contributed by atoms with Crippen LogP contribution in [-0.2, 0) is 18.1 Å². The lowest BCUT2D eigenvalue weighted by molar-refractivity contribution is 0.0693. The molecule has 0 aliphatic rings. The van der Waals surface area contributed by atoms with Crippen LogP contribution in [-0.4, -0.2) is 27.9 Å². The molecule has 0 fully saturated rings. The Morgan fingerprint density at radius 3 is 1.84 bits per heavy atom. The summed E-state index contributed by atoms with van der Waals surface area (Å²) in [4.78, 5) is 8.97. The molecule has 6 nitrogen and oxygen atoms in total. The van der Waals surface area contributed by atoms with Crippen LogP contribution in [0.15, 0.2) is 15.9 Å². The first-order valence-electron chi connectivity index (χ1n) is 4.02. The van der Waals surface area contributed by atoms with E-state index in [0.717, 1.165) is 0 Å². The molecule has 1 aromatic rings. The summed E-state index contributed by atoms with van der Waals surface area (Å²) in [5.74, 6) is -1.75. The van der Waals surface area contributed by atoms with E-state index in [1.54, 1.807) is 0 Å². The van der Waals surface area contributed by atoms with Crippen molar-refractivity contribution >= 4 is 68.6 Å². The minimum atomic E-state index is -4.66. The first-order chi connectivity index (χ1) is 8.37. The Labute approximate surface area is 126 Å². The zero-order valence-corrected chi connectivity index (χ0v) is 13.1. The van der Waals surface area contributed by atoms with E-state index in [1.807, 2.05) is 0 Å². The minimum Gasteiger partial charge on any atom is -0.478 e. The van der Waals surface area contributed by atoms with Crippen molar-refractivity contribution in [1.29, 1.82) is 0 Å². The Kier molecular flexibility index (Phi) is 4.66. The van der Waals surface area contributed by atoms with Crippen LogP contribution in [0.25, 0.3) is 0 Å². The number of carboxylic acid groups (broad SMARTS) is 1. The van der Waals surface area contributed by atoms with E-state index in [1.165, 1.54) is 0 Å². The van der Waals surface area contributed by atoms with Gasteiger partial charge in [0.05, 0.1) is 15.6 Å². The van der Waals surface area contributed by atoms with Gasteiger partial charge in [0.15, 0.2) is 0 Å². The molecule has 1 N–H and O–H groups in total. The maximum absolute atomic E-state index is 11.3. The molecular weight excluding hydrogens is 386 g/mol. The second-order valence-corrected chi connectivity index (χ2v) is 8.88. The normalized spacial score (nSPS) is 12.4. The van der Waals surface area contributed by atoms with E-state index < -0.39 is 49.5 Å². The van der Waals surface area contributed by atoms with E-state index in [-0.39, 0.29) is 0 Å². The van der Waals surface area contributed by atoms with Gasteiger partial charge in [0.1, 0.15) is 9.79 Å². The highest BCUT2D eigenvalue weighted by atomic mass is 35.7. The van der Waals surface area contributed by atoms with Crippen LogP contribution < -0.4 is 0 Å². The molecule has 1 rings (SSSR count). The Hall–Kier alpha value is -0.250. The van der Waals surface area contributed by atoms with E-state index in [0.29, 0.717) is 6.07 Å². The first-order valence-corrected chi connectivity index (χ1v) is 9.39. The van der Waals surface area contributed by atoms with Crippen molar-refractivity contribution in [2.24, 2.45) is 0 Å². The first kappa shape index (κ1) is 16.8. The molecule has 0 saturated heterocycles. The fourth-order valence-corrected chi connectivity index (χ4v) is 4.82. The number of hydrogen-bond donors (Lipinski definition) is 1. The van der Waals surface area contributed by atoms with Gasteiger partial charge in [0.25, 0.3) is 18.1 Å². The van der Waals surface area contributed by atoms with Crippen LogP contribution >= 0.6 is 44.6 Å². The molecular formula is C7H2Cl4O6S2. The van der Waals surface area contributed by atoms with E-state index >= 15 is 0 Å². The summed E-state index contributed by atoms with van der Waals surface area (Å²) in [5, 5.41) is 7.26. The number of halogens is 4. The summed E-state index contributed by atoms with van der Waals surface area (Å²) in [6.07, 6.45) is 0. The van der Waals surface area contributed by atoms with Gasteiger partial charge in [0, 0.05) is 21.4 Å². The van der Waals surface area contributed by atoms with Crippen molar-refractivity contribution in [2.75, 3.05) is 0 Å². The van der Waals surface area contributed by atoms with Crippen molar-refractivity contribution in [1.82, 2.24) is 0 Å². The Morgan fingerprint density at radius 1 is 1.05 bits per heavy atom. The quantitative estimate of drug-likeness (QED) is 0.798. The predicted octanol–water partition coefficient (Wildman–Crippen LogP) is 2.55. The second kappa shape index (κ2) is 5.27. The third-order valence-corrected chi connectivity index (χ3v) is 5.48. The summed E-state index contributed by atoms with van der Waals surface area (Å²) < 4.78 is 45.1. The zero-order valence-electron chi connectivity index (χ0n) is 8.39. The van der Waals surface area contributed by atoms with E-state index in [9.17, 15) is 21.6 Å². The van der Waals surface area contributed by atoms with Gasteiger partial charge in [-0.05, 0) is 6.07 Å². The predicted molar refractivity (Wildman–Crippen MR) is 69.5 cm³/mol. The van der Waals surface area contributed by atoms with Crippen LogP contribution in [0, 0.1) is 0 Å². The fourth-order valence-electron chi connectivity index (χ4n) is 1.19. The maximum Gasteiger partial charge on any atom is 0.338 e. The van der Waals surface area contributed by atoms with Crippen molar-refractivity contribution in [3.8, 4) is 0 Å². The largest absolute Gasteiger partial charge is 0.478 e. The molecule has 106 valence electrons. The van der Waals surface area contributed by atoms with Gasteiger partial charge >= 0.3 is 5.97 Å². The smallest absolute Gasteiger partial charge is 0.338 e. The molecule has 0 radical (unpaired) electrons. The van der Waals surface area contributed by atoms with Crippen molar-refractivity contribution in [3.63, 3.8) is 0 Å². The third-order valence-electron chi connectivity index (χ3n) is 1.86. The fraction of sp³-hybridized carbons (Fsp3) is 0. The minimum absolute atomic E-state index is 0.626. The Bertz CT molecular complexity index is 767. The van der Waals surface area contributed by atoms with E-state index in [2.05, 4.69) is 0 Å². The monoisotopic (exact) mass is 386 g/mol. The number of benzene rings is 1. The lowest BCUT2D eigenvalue weighted by atomic mass is 10.2. The summed E-state index contributed by atoms with van der Waals surface area (Å²) in [6.45, 7) is 0. The number of hydrogen-bond acceptors (Lipinski definition) is 5. The summed E-state index contributed by atoms with van der Waals surface area (Å²) in [5.41, 5.74) is -0.939. The zero-order chi connectivity index (χ0) is 15.2. The third kappa shape index (κ3) is 3.45. The van der Waals surface area contributed by atoms with Crippen LogP contribution in [0.3, 0.4) is 0 Å². The molecule has 1 aromatic carbocycles. The van der Waals surface area contributed by atoms with Gasteiger partial charge in [0.2, 0.25) is 0 Å². The maximum atomic E-state index is 11.3. The van der Waals surface area contributed by atoms with Crippen LogP contribution in [0.5, 0.6) is 0 Å². The topological polar surface area (TPSA) is 106 Å². The lowest BCUT2D eigenvalue weighted by Crippen LogP contribution is -2.09. The standard InChI is InChI=1S/C7H2Cl4O6S2/c8-2-1-3(18(10,14)15)5(9)6(19(11,16)17)4(2)7(12)13/h1H,(H,12,13). The average molecular weight is 388 g/mol. The van der Waals surface area contributed by atoms with Gasteiger partial charge < -0.3 is 5.11 Å². The van der Waals surface area contributed by atoms with Gasteiger partial charge in [-0.1, -0.05) is 23.2 Å². The average Bonchev–Trinajstić information content (AvgIpc) is 2.16. The highest BCUT2D eigenvalue weighted by Gasteiger charge is 2.32. The number of aromatic carboxylic acids is 1. The van der Waals surface area contributed by atoms with Gasteiger partial charge in [-0.2, -0.15) is 0 Å². The summed E-state index contributed by atoms with van der Waals surface area (Å²) >= 11 is 11.1. The number of carboxylic acids is 1. The molecule has 0 spiro atoms. The SMILES string of the molecule is O=C(O)c1c(Cl)cc(S(=O)(=O)Cl)c(Cl)c1S(=O)(=O)Cl. The van der Waals surface area contributed by atoms with Crippen LogP contribution in [0.2, 0.25) is 10.0 Å². The molecule has 0 bridgehead atoms. The summed E-state index contributed by atoms with van der Waals surface area (Å²) in [6, 6.07) is 0.626. The molecule has 0 aliphatic heterocycles. The van der Waals surface area contributed by atoms with Gasteiger partial charge in [-0.25, -0.2) is 21.6 Å². The van der Waals surface area contributed by atoms with E-state index in [4.69, 9.17) is 49.7 Å². The van der Waals surface area contributed by atoms with Gasteiger partial charge in [-0.15, -0.1) is 0 Å². The summed E-state index contributed by atoms with van der Waals surface area (Å²) in [7, 11) is 0.965. The molecule has 0 amide bonds. The van der Waals surface area contributed by atoms with Crippen LogP contribution in [0.1, 0.15) is 10.4 Å². The number of carbonyl (C=O) groups is 1.